The first-order valence-electron chi connectivity index (χ1n) is 9.82. The number of rotatable bonds is 9. The van der Waals surface area contributed by atoms with Crippen molar-refractivity contribution in [3.8, 4) is 0 Å². The molecule has 1 fully saturated rings. The summed E-state index contributed by atoms with van der Waals surface area (Å²) in [6.45, 7) is 3.17. The van der Waals surface area contributed by atoms with E-state index in [0.717, 1.165) is 31.5 Å². The molecule has 1 aromatic heterocycles. The Bertz CT molecular complexity index is 873. The Morgan fingerprint density at radius 1 is 1.21 bits per heavy atom. The predicted octanol–water partition coefficient (Wildman–Crippen LogP) is 1.31. The number of hydrogen-bond acceptors (Lipinski definition) is 4. The third-order valence-corrected chi connectivity index (χ3v) is 6.21. The molecule has 1 saturated heterocycles. The van der Waals surface area contributed by atoms with Crippen LogP contribution in [0.1, 0.15) is 18.4 Å². The Morgan fingerprint density at radius 2 is 1.97 bits per heavy atom. The van der Waals surface area contributed by atoms with Gasteiger partial charge in [0.15, 0.2) is 5.96 Å². The molecule has 9 heteroatoms. The van der Waals surface area contributed by atoms with Gasteiger partial charge in [0.2, 0.25) is 10.0 Å². The molecule has 8 nitrogen and oxygen atoms in total. The maximum atomic E-state index is 12.4. The van der Waals surface area contributed by atoms with Gasteiger partial charge in [0.25, 0.3) is 0 Å². The molecule has 1 atom stereocenters. The van der Waals surface area contributed by atoms with E-state index in [9.17, 15) is 8.42 Å². The van der Waals surface area contributed by atoms with Gasteiger partial charge in [-0.1, -0.05) is 12.1 Å². The summed E-state index contributed by atoms with van der Waals surface area (Å²) in [5.41, 5.74) is 0.969. The lowest BCUT2D eigenvalue weighted by Gasteiger charge is -2.13. The lowest BCUT2D eigenvalue weighted by Crippen LogP contribution is -2.38. The van der Waals surface area contributed by atoms with E-state index in [1.54, 1.807) is 31.3 Å². The normalized spacial score (nSPS) is 17.4. The molecule has 3 N–H and O–H groups in total. The quantitative estimate of drug-likeness (QED) is 0.421. The van der Waals surface area contributed by atoms with Gasteiger partial charge in [-0.25, -0.2) is 13.1 Å². The van der Waals surface area contributed by atoms with Gasteiger partial charge in [0.05, 0.1) is 11.0 Å². The van der Waals surface area contributed by atoms with E-state index in [1.807, 2.05) is 24.5 Å². The summed E-state index contributed by atoms with van der Waals surface area (Å²) >= 11 is 0. The van der Waals surface area contributed by atoms with Crippen LogP contribution in [0, 0.1) is 0 Å². The lowest BCUT2D eigenvalue weighted by atomic mass is 10.2. The zero-order valence-corrected chi connectivity index (χ0v) is 17.5. The maximum Gasteiger partial charge on any atom is 0.240 e. The molecule has 0 saturated carbocycles. The van der Waals surface area contributed by atoms with Crippen LogP contribution in [0.5, 0.6) is 0 Å². The first kappa shape index (κ1) is 21.4. The van der Waals surface area contributed by atoms with Gasteiger partial charge in [-0.15, -0.1) is 0 Å². The average molecular weight is 420 g/mol. The van der Waals surface area contributed by atoms with E-state index in [1.165, 1.54) is 0 Å². The van der Waals surface area contributed by atoms with Crippen molar-refractivity contribution in [3.63, 3.8) is 0 Å². The molecule has 2 heterocycles. The summed E-state index contributed by atoms with van der Waals surface area (Å²) < 4.78 is 35.0. The van der Waals surface area contributed by atoms with Gasteiger partial charge in [-0.05, 0) is 42.7 Å². The highest BCUT2D eigenvalue weighted by atomic mass is 32.2. The van der Waals surface area contributed by atoms with E-state index < -0.39 is 10.0 Å². The summed E-state index contributed by atoms with van der Waals surface area (Å²) in [5, 5.41) is 6.49. The van der Waals surface area contributed by atoms with Gasteiger partial charge in [-0.2, -0.15) is 0 Å². The maximum absolute atomic E-state index is 12.4. The first-order valence-corrected chi connectivity index (χ1v) is 11.3. The Balaban J connectivity index is 1.45. The van der Waals surface area contributed by atoms with Crippen LogP contribution >= 0.6 is 0 Å². The second-order valence-electron chi connectivity index (χ2n) is 6.90. The predicted molar refractivity (Wildman–Crippen MR) is 113 cm³/mol. The topological polar surface area (TPSA) is 96.8 Å². The zero-order chi connectivity index (χ0) is 20.5. The molecule has 29 heavy (non-hydrogen) atoms. The minimum absolute atomic E-state index is 0.0231. The van der Waals surface area contributed by atoms with Crippen molar-refractivity contribution in [1.82, 2.24) is 19.9 Å². The van der Waals surface area contributed by atoms with Gasteiger partial charge in [0.1, 0.15) is 0 Å². The van der Waals surface area contributed by atoms with Gasteiger partial charge in [0, 0.05) is 52.2 Å². The smallest absolute Gasteiger partial charge is 0.240 e. The number of benzene rings is 1. The minimum atomic E-state index is -3.52. The van der Waals surface area contributed by atoms with E-state index >= 15 is 0 Å². The van der Waals surface area contributed by atoms with Crippen LogP contribution < -0.4 is 15.4 Å². The van der Waals surface area contributed by atoms with Crippen molar-refractivity contribution in [3.05, 3.63) is 54.4 Å². The SMILES string of the molecule is CN=C(NCCn1cccc1)NCc1ccc(S(=O)(=O)NCC2CCCO2)cc1. The fourth-order valence-electron chi connectivity index (χ4n) is 3.11. The van der Waals surface area contributed by atoms with Gasteiger partial charge >= 0.3 is 0 Å². The lowest BCUT2D eigenvalue weighted by molar-refractivity contribution is 0.114. The summed E-state index contributed by atoms with van der Waals surface area (Å²) in [4.78, 5) is 4.47. The Hall–Kier alpha value is -2.36. The van der Waals surface area contributed by atoms with Crippen LogP contribution in [0.3, 0.4) is 0 Å². The van der Waals surface area contributed by atoms with Crippen molar-refractivity contribution < 1.29 is 13.2 Å². The van der Waals surface area contributed by atoms with E-state index in [-0.39, 0.29) is 11.0 Å². The number of nitrogens with one attached hydrogen (secondary N) is 3. The Kier molecular flexibility index (Phi) is 7.68. The second kappa shape index (κ2) is 10.4. The number of nitrogens with zero attached hydrogens (tertiary/aromatic N) is 2. The molecular formula is C20H29N5O3S. The van der Waals surface area contributed by atoms with Crippen LogP contribution in [-0.2, 0) is 27.8 Å². The summed E-state index contributed by atoms with van der Waals surface area (Å²) in [6.07, 6.45) is 5.89. The van der Waals surface area contributed by atoms with Crippen LogP contribution in [-0.4, -0.2) is 51.8 Å². The molecule has 1 unspecified atom stereocenters. The third kappa shape index (κ3) is 6.59. The van der Waals surface area contributed by atoms with Crippen molar-refractivity contribution in [1.29, 1.82) is 0 Å². The number of guanidine groups is 1. The van der Waals surface area contributed by atoms with Crippen LogP contribution in [0.25, 0.3) is 0 Å². The molecule has 0 amide bonds. The van der Waals surface area contributed by atoms with Crippen LogP contribution in [0.15, 0.2) is 58.7 Å². The van der Waals surface area contributed by atoms with E-state index in [0.29, 0.717) is 25.7 Å². The van der Waals surface area contributed by atoms with Crippen molar-refractivity contribution in [2.24, 2.45) is 4.99 Å². The Labute approximate surface area is 172 Å². The zero-order valence-electron chi connectivity index (χ0n) is 16.7. The molecule has 0 radical (unpaired) electrons. The molecule has 3 rings (SSSR count). The fraction of sp³-hybridized carbons (Fsp3) is 0.450. The van der Waals surface area contributed by atoms with Crippen molar-refractivity contribution in [2.45, 2.75) is 36.9 Å². The number of hydrogen-bond donors (Lipinski definition) is 3. The van der Waals surface area contributed by atoms with E-state index in [2.05, 4.69) is 24.9 Å². The van der Waals surface area contributed by atoms with Crippen molar-refractivity contribution >= 4 is 16.0 Å². The third-order valence-electron chi connectivity index (χ3n) is 4.77. The molecule has 1 aromatic carbocycles. The summed E-state index contributed by atoms with van der Waals surface area (Å²) in [7, 11) is -1.80. The summed E-state index contributed by atoms with van der Waals surface area (Å²) in [6, 6.07) is 10.8. The number of ether oxygens (including phenoxy) is 1. The van der Waals surface area contributed by atoms with Crippen molar-refractivity contribution in [2.75, 3.05) is 26.7 Å². The highest BCUT2D eigenvalue weighted by Gasteiger charge is 2.20. The first-order chi connectivity index (χ1) is 14.1. The number of aliphatic imine (C=N–C) groups is 1. The van der Waals surface area contributed by atoms with Crippen LogP contribution in [0.2, 0.25) is 0 Å². The molecule has 1 aliphatic rings. The minimum Gasteiger partial charge on any atom is -0.377 e. The largest absolute Gasteiger partial charge is 0.377 e. The van der Waals surface area contributed by atoms with Gasteiger partial charge < -0.3 is 19.9 Å². The standard InChI is InChI=1S/C20H29N5O3S/c1-21-20(22-10-13-25-11-2-3-12-25)23-15-17-6-8-19(9-7-17)29(26,27)24-16-18-5-4-14-28-18/h2-3,6-9,11-12,18,24H,4-5,10,13-16H2,1H3,(H2,21,22,23). The molecule has 158 valence electrons. The molecule has 0 bridgehead atoms. The van der Waals surface area contributed by atoms with Crippen LogP contribution in [0.4, 0.5) is 0 Å². The molecule has 0 spiro atoms. The Morgan fingerprint density at radius 3 is 2.62 bits per heavy atom. The summed E-state index contributed by atoms with van der Waals surface area (Å²) in [5.74, 6) is 0.701. The molecule has 2 aromatic rings. The average Bonchev–Trinajstić information content (AvgIpc) is 3.43. The second-order valence-corrected chi connectivity index (χ2v) is 8.67. The number of aromatic nitrogens is 1. The monoisotopic (exact) mass is 419 g/mol. The highest BCUT2D eigenvalue weighted by molar-refractivity contribution is 7.89. The number of sulfonamides is 1. The van der Waals surface area contributed by atoms with E-state index in [4.69, 9.17) is 4.74 Å². The molecular weight excluding hydrogens is 390 g/mol. The molecule has 1 aliphatic heterocycles. The fourth-order valence-corrected chi connectivity index (χ4v) is 4.17. The molecule has 0 aliphatic carbocycles. The van der Waals surface area contributed by atoms with Gasteiger partial charge in [-0.3, -0.25) is 4.99 Å². The highest BCUT2D eigenvalue weighted by Crippen LogP contribution is 2.14.